The smallest absolute Gasteiger partial charge is 0.269 e. The zero-order valence-corrected chi connectivity index (χ0v) is 15.6. The lowest BCUT2D eigenvalue weighted by Crippen LogP contribution is -2.41. The summed E-state index contributed by atoms with van der Waals surface area (Å²) < 4.78 is 5.68. The summed E-state index contributed by atoms with van der Waals surface area (Å²) in [5.74, 6) is 0.483. The van der Waals surface area contributed by atoms with Gasteiger partial charge in [-0.3, -0.25) is 9.59 Å². The van der Waals surface area contributed by atoms with E-state index in [-0.39, 0.29) is 18.2 Å². The first-order chi connectivity index (χ1) is 13.0. The average molecular weight is 365 g/mol. The molecule has 2 amide bonds. The van der Waals surface area contributed by atoms with Crippen LogP contribution in [0.1, 0.15) is 18.4 Å². The van der Waals surface area contributed by atoms with Crippen LogP contribution in [0.2, 0.25) is 0 Å². The first kappa shape index (κ1) is 18.6. The van der Waals surface area contributed by atoms with Gasteiger partial charge in [-0.2, -0.15) is 5.10 Å². The Morgan fingerprint density at radius 2 is 1.81 bits per heavy atom. The first-order valence-electron chi connectivity index (χ1n) is 8.95. The highest BCUT2D eigenvalue weighted by Crippen LogP contribution is 2.20. The number of benzene rings is 2. The van der Waals surface area contributed by atoms with Gasteiger partial charge in [-0.05, 0) is 31.2 Å². The fourth-order valence-electron chi connectivity index (χ4n) is 2.74. The van der Waals surface area contributed by atoms with Gasteiger partial charge in [0.25, 0.3) is 5.91 Å². The molecule has 0 aliphatic carbocycles. The first-order valence-corrected chi connectivity index (χ1v) is 8.95. The van der Waals surface area contributed by atoms with E-state index in [9.17, 15) is 9.59 Å². The van der Waals surface area contributed by atoms with E-state index in [0.717, 1.165) is 5.75 Å². The summed E-state index contributed by atoms with van der Waals surface area (Å²) in [5, 5.41) is 5.61. The van der Waals surface area contributed by atoms with Crippen LogP contribution in [0.4, 0.5) is 5.69 Å². The lowest BCUT2D eigenvalue weighted by Gasteiger charge is -2.25. The van der Waals surface area contributed by atoms with Crippen molar-refractivity contribution in [3.63, 3.8) is 0 Å². The molecule has 6 nitrogen and oxygen atoms in total. The van der Waals surface area contributed by atoms with Gasteiger partial charge in [-0.25, -0.2) is 5.01 Å². The highest BCUT2D eigenvalue weighted by Gasteiger charge is 2.27. The zero-order chi connectivity index (χ0) is 19.2. The summed E-state index contributed by atoms with van der Waals surface area (Å²) in [6.45, 7) is 2.84. The molecule has 3 rings (SSSR count). The van der Waals surface area contributed by atoms with Crippen molar-refractivity contribution >= 4 is 23.2 Å². The van der Waals surface area contributed by atoms with E-state index < -0.39 is 0 Å². The van der Waals surface area contributed by atoms with Gasteiger partial charge in [0, 0.05) is 19.9 Å². The third-order valence-corrected chi connectivity index (χ3v) is 4.34. The van der Waals surface area contributed by atoms with Crippen LogP contribution in [0.3, 0.4) is 0 Å². The van der Waals surface area contributed by atoms with Crippen molar-refractivity contribution in [1.29, 1.82) is 0 Å². The Hall–Kier alpha value is -3.15. The molecule has 0 aromatic heterocycles. The second-order valence-corrected chi connectivity index (χ2v) is 6.48. The maximum Gasteiger partial charge on any atom is 0.269 e. The molecule has 0 saturated carbocycles. The van der Waals surface area contributed by atoms with Crippen LogP contribution >= 0.6 is 0 Å². The summed E-state index contributed by atoms with van der Waals surface area (Å²) in [6, 6.07) is 16.9. The summed E-state index contributed by atoms with van der Waals surface area (Å²) >= 11 is 0. The number of hydrazone groups is 1. The number of hydrogen-bond acceptors (Lipinski definition) is 4. The van der Waals surface area contributed by atoms with Gasteiger partial charge in [0.1, 0.15) is 18.1 Å². The van der Waals surface area contributed by atoms with Crippen LogP contribution in [0.15, 0.2) is 59.7 Å². The van der Waals surface area contributed by atoms with E-state index in [1.54, 1.807) is 24.1 Å². The lowest BCUT2D eigenvalue weighted by atomic mass is 10.1. The highest BCUT2D eigenvalue weighted by atomic mass is 16.5. The standard InChI is InChI=1S/C21H23N3O3/c1-16-8-10-18(11-9-16)27-15-14-23(2)21(26)19-12-13-20(25)24(22-19)17-6-4-3-5-7-17/h3-11H,12-15H2,1-2H3. The number of amides is 2. The molecule has 6 heteroatoms. The van der Waals surface area contributed by atoms with Crippen LogP contribution in [0, 0.1) is 6.92 Å². The Morgan fingerprint density at radius 3 is 2.52 bits per heavy atom. The van der Waals surface area contributed by atoms with Crippen molar-refractivity contribution in [2.45, 2.75) is 19.8 Å². The Kier molecular flexibility index (Phi) is 5.86. The molecule has 2 aromatic carbocycles. The molecule has 0 bridgehead atoms. The topological polar surface area (TPSA) is 62.2 Å². The SMILES string of the molecule is Cc1ccc(OCCN(C)C(=O)C2=NN(c3ccccc3)C(=O)CC2)cc1. The Balaban J connectivity index is 1.60. The maximum atomic E-state index is 12.7. The quantitative estimate of drug-likeness (QED) is 0.790. The molecule has 140 valence electrons. The number of ether oxygens (including phenoxy) is 1. The number of hydrogen-bond donors (Lipinski definition) is 0. The molecule has 0 radical (unpaired) electrons. The fraction of sp³-hybridized carbons (Fsp3) is 0.286. The normalized spacial score (nSPS) is 13.9. The van der Waals surface area contributed by atoms with Crippen LogP contribution in [-0.2, 0) is 9.59 Å². The second-order valence-electron chi connectivity index (χ2n) is 6.48. The van der Waals surface area contributed by atoms with Gasteiger partial charge >= 0.3 is 0 Å². The Bertz CT molecular complexity index is 832. The zero-order valence-electron chi connectivity index (χ0n) is 15.6. The minimum absolute atomic E-state index is 0.108. The minimum Gasteiger partial charge on any atom is -0.492 e. The molecule has 1 aliphatic heterocycles. The van der Waals surface area contributed by atoms with Crippen molar-refractivity contribution < 1.29 is 14.3 Å². The largest absolute Gasteiger partial charge is 0.492 e. The predicted molar refractivity (Wildman–Crippen MR) is 105 cm³/mol. The van der Waals surface area contributed by atoms with E-state index in [4.69, 9.17) is 4.74 Å². The van der Waals surface area contributed by atoms with Crippen molar-refractivity contribution in [1.82, 2.24) is 4.90 Å². The number of aryl methyl sites for hydroxylation is 1. The summed E-state index contributed by atoms with van der Waals surface area (Å²) in [6.07, 6.45) is 0.622. The molecular formula is C21H23N3O3. The molecule has 0 N–H and O–H groups in total. The number of para-hydroxylation sites is 1. The molecule has 2 aromatic rings. The van der Waals surface area contributed by atoms with Crippen LogP contribution in [-0.4, -0.2) is 42.6 Å². The maximum absolute atomic E-state index is 12.7. The van der Waals surface area contributed by atoms with Gasteiger partial charge in [0.15, 0.2) is 0 Å². The number of rotatable bonds is 6. The van der Waals surface area contributed by atoms with Crippen molar-refractivity contribution in [3.8, 4) is 5.75 Å². The molecule has 1 heterocycles. The minimum atomic E-state index is -0.184. The number of anilines is 1. The average Bonchev–Trinajstić information content (AvgIpc) is 2.70. The molecule has 0 fully saturated rings. The number of likely N-dealkylation sites (N-methyl/N-ethyl adjacent to an activating group) is 1. The number of carbonyl (C=O) groups is 2. The molecule has 1 aliphatic rings. The van der Waals surface area contributed by atoms with Crippen molar-refractivity contribution in [3.05, 3.63) is 60.2 Å². The van der Waals surface area contributed by atoms with Crippen LogP contribution < -0.4 is 9.75 Å². The molecule has 0 spiro atoms. The number of carbonyl (C=O) groups excluding carboxylic acids is 2. The Labute approximate surface area is 159 Å². The molecule has 0 unspecified atom stereocenters. The van der Waals surface area contributed by atoms with Crippen molar-refractivity contribution in [2.24, 2.45) is 5.10 Å². The molecule has 0 saturated heterocycles. The predicted octanol–water partition coefficient (Wildman–Crippen LogP) is 3.02. The third kappa shape index (κ3) is 4.73. The third-order valence-electron chi connectivity index (χ3n) is 4.34. The fourth-order valence-corrected chi connectivity index (χ4v) is 2.74. The highest BCUT2D eigenvalue weighted by molar-refractivity contribution is 6.40. The summed E-state index contributed by atoms with van der Waals surface area (Å²) in [4.78, 5) is 26.4. The van der Waals surface area contributed by atoms with E-state index >= 15 is 0 Å². The van der Waals surface area contributed by atoms with Gasteiger partial charge in [0.05, 0.1) is 12.2 Å². The Morgan fingerprint density at radius 1 is 1.11 bits per heavy atom. The molecule has 0 atom stereocenters. The van der Waals surface area contributed by atoms with Gasteiger partial charge < -0.3 is 9.64 Å². The van der Waals surface area contributed by atoms with E-state index in [0.29, 0.717) is 31.0 Å². The number of nitrogens with zero attached hydrogens (tertiary/aromatic N) is 3. The lowest BCUT2D eigenvalue weighted by molar-refractivity contribution is -0.123. The van der Waals surface area contributed by atoms with Gasteiger partial charge in [-0.1, -0.05) is 35.9 Å². The monoisotopic (exact) mass is 365 g/mol. The molecular weight excluding hydrogens is 342 g/mol. The van der Waals surface area contributed by atoms with Crippen LogP contribution in [0.25, 0.3) is 0 Å². The van der Waals surface area contributed by atoms with E-state index in [1.165, 1.54) is 10.6 Å². The van der Waals surface area contributed by atoms with Crippen molar-refractivity contribution in [2.75, 3.05) is 25.2 Å². The van der Waals surface area contributed by atoms with Gasteiger partial charge in [0.2, 0.25) is 5.91 Å². The molecule has 27 heavy (non-hydrogen) atoms. The second kappa shape index (κ2) is 8.49. The van der Waals surface area contributed by atoms with Crippen LogP contribution in [0.5, 0.6) is 5.75 Å². The summed E-state index contributed by atoms with van der Waals surface area (Å²) in [7, 11) is 1.71. The van der Waals surface area contributed by atoms with Gasteiger partial charge in [-0.15, -0.1) is 0 Å². The summed E-state index contributed by atoms with van der Waals surface area (Å²) in [5.41, 5.74) is 2.22. The van der Waals surface area contributed by atoms with E-state index in [2.05, 4.69) is 5.10 Å². The van der Waals surface area contributed by atoms with E-state index in [1.807, 2.05) is 49.4 Å².